The molecule has 2 aromatic rings. The molecule has 0 bridgehead atoms. The van der Waals surface area contributed by atoms with Crippen molar-refractivity contribution >= 4 is 21.8 Å². The molecule has 114 valence electrons. The Hall–Kier alpha value is -1.13. The van der Waals surface area contributed by atoms with Gasteiger partial charge in [-0.3, -0.25) is 4.21 Å². The minimum atomic E-state index is -0.772. The van der Waals surface area contributed by atoms with E-state index in [1.54, 1.807) is 0 Å². The zero-order chi connectivity index (χ0) is 14.7. The van der Waals surface area contributed by atoms with E-state index in [-0.39, 0.29) is 6.04 Å². The van der Waals surface area contributed by atoms with Crippen molar-refractivity contribution < 1.29 is 8.63 Å². The number of rotatable bonds is 6. The molecule has 0 spiro atoms. The van der Waals surface area contributed by atoms with Crippen LogP contribution in [0, 0.1) is 0 Å². The van der Waals surface area contributed by atoms with Gasteiger partial charge in [0.15, 0.2) is 0 Å². The molecule has 1 heterocycles. The van der Waals surface area contributed by atoms with Gasteiger partial charge in [-0.15, -0.1) is 0 Å². The van der Waals surface area contributed by atoms with Gasteiger partial charge in [-0.2, -0.15) is 0 Å². The van der Waals surface area contributed by atoms with Crippen LogP contribution in [0.1, 0.15) is 44.4 Å². The van der Waals surface area contributed by atoms with Crippen LogP contribution < -0.4 is 5.32 Å². The maximum atomic E-state index is 12.5. The molecule has 0 saturated heterocycles. The van der Waals surface area contributed by atoms with Crippen LogP contribution in [0.5, 0.6) is 0 Å². The molecule has 1 aromatic heterocycles. The Kier molecular flexibility index (Phi) is 4.76. The summed E-state index contributed by atoms with van der Waals surface area (Å²) in [6, 6.07) is 10.2. The summed E-state index contributed by atoms with van der Waals surface area (Å²) in [6.07, 6.45) is 4.69. The summed E-state index contributed by atoms with van der Waals surface area (Å²) in [5.41, 5.74) is 0.905. The molecular formula is C17H23NO2S. The van der Waals surface area contributed by atoms with Gasteiger partial charge in [0.05, 0.1) is 6.04 Å². The summed E-state index contributed by atoms with van der Waals surface area (Å²) in [4.78, 5) is 0. The Morgan fingerprint density at radius 3 is 2.81 bits per heavy atom. The largest absolute Gasteiger partial charge is 0.459 e. The lowest BCUT2D eigenvalue weighted by atomic mass is 10.2. The van der Waals surface area contributed by atoms with Crippen LogP contribution >= 0.6 is 0 Å². The Morgan fingerprint density at radius 2 is 2.10 bits per heavy atom. The van der Waals surface area contributed by atoms with Crippen molar-refractivity contribution in [1.82, 2.24) is 5.32 Å². The van der Waals surface area contributed by atoms with Gasteiger partial charge in [0.25, 0.3) is 0 Å². The van der Waals surface area contributed by atoms with Crippen molar-refractivity contribution in [2.75, 3.05) is 12.3 Å². The van der Waals surface area contributed by atoms with Crippen molar-refractivity contribution in [3.63, 3.8) is 0 Å². The van der Waals surface area contributed by atoms with Crippen LogP contribution in [0.3, 0.4) is 0 Å². The fourth-order valence-corrected chi connectivity index (χ4v) is 4.86. The van der Waals surface area contributed by atoms with Gasteiger partial charge in [-0.1, -0.05) is 38.0 Å². The number of hydrogen-bond donors (Lipinski definition) is 1. The molecule has 1 N–H and O–H groups in total. The van der Waals surface area contributed by atoms with Gasteiger partial charge in [0.1, 0.15) is 11.3 Å². The first-order valence-electron chi connectivity index (χ1n) is 7.87. The molecule has 0 aliphatic heterocycles. The summed E-state index contributed by atoms with van der Waals surface area (Å²) in [5.74, 6) is 1.56. The van der Waals surface area contributed by atoms with Gasteiger partial charge in [-0.05, 0) is 31.5 Å². The van der Waals surface area contributed by atoms with Crippen LogP contribution in [-0.4, -0.2) is 21.8 Å². The van der Waals surface area contributed by atoms with E-state index in [1.165, 1.54) is 12.8 Å². The second-order valence-electron chi connectivity index (χ2n) is 5.75. The number of furan rings is 1. The lowest BCUT2D eigenvalue weighted by Gasteiger charge is -2.17. The Labute approximate surface area is 128 Å². The van der Waals surface area contributed by atoms with Gasteiger partial charge in [0, 0.05) is 27.2 Å². The summed E-state index contributed by atoms with van der Waals surface area (Å²) in [6.45, 7) is 2.93. The highest BCUT2D eigenvalue weighted by atomic mass is 32.2. The summed E-state index contributed by atoms with van der Waals surface area (Å²) < 4.78 is 18.5. The topological polar surface area (TPSA) is 42.2 Å². The normalized spacial score (nSPS) is 19.1. The van der Waals surface area contributed by atoms with Gasteiger partial charge < -0.3 is 9.73 Å². The molecule has 3 nitrogen and oxygen atoms in total. The second kappa shape index (κ2) is 6.75. The molecule has 4 heteroatoms. The maximum absolute atomic E-state index is 12.5. The molecule has 1 aromatic carbocycles. The van der Waals surface area contributed by atoms with Crippen molar-refractivity contribution in [3.8, 4) is 0 Å². The summed E-state index contributed by atoms with van der Waals surface area (Å²) >= 11 is 0. The van der Waals surface area contributed by atoms with E-state index in [0.717, 1.165) is 36.1 Å². The third-order valence-corrected chi connectivity index (χ3v) is 6.12. The highest BCUT2D eigenvalue weighted by Gasteiger charge is 2.25. The van der Waals surface area contributed by atoms with Gasteiger partial charge >= 0.3 is 0 Å². The van der Waals surface area contributed by atoms with E-state index >= 15 is 0 Å². The van der Waals surface area contributed by atoms with E-state index in [9.17, 15) is 4.21 Å². The zero-order valence-corrected chi connectivity index (χ0v) is 13.3. The molecular weight excluding hydrogens is 282 g/mol. The first-order chi connectivity index (χ1) is 10.3. The summed E-state index contributed by atoms with van der Waals surface area (Å²) in [7, 11) is -0.772. The maximum Gasteiger partial charge on any atom is 0.134 e. The van der Waals surface area contributed by atoms with Crippen molar-refractivity contribution in [2.24, 2.45) is 0 Å². The van der Waals surface area contributed by atoms with E-state index in [0.29, 0.717) is 11.0 Å². The monoisotopic (exact) mass is 305 g/mol. The van der Waals surface area contributed by atoms with Gasteiger partial charge in [-0.25, -0.2) is 0 Å². The standard InChI is InChI=1S/C17H23NO2S/c1-2-18-15(12-21(19)14-8-4-5-9-14)17-11-13-7-3-6-10-16(13)20-17/h3,6-7,10-11,14-15,18H,2,4-5,8-9,12H2,1H3. The van der Waals surface area contributed by atoms with Crippen molar-refractivity contribution in [3.05, 3.63) is 36.1 Å². The molecule has 1 aliphatic rings. The number of fused-ring (bicyclic) bond motifs is 1. The number of hydrogen-bond acceptors (Lipinski definition) is 3. The van der Waals surface area contributed by atoms with Crippen molar-refractivity contribution in [1.29, 1.82) is 0 Å². The van der Waals surface area contributed by atoms with Crippen molar-refractivity contribution in [2.45, 2.75) is 43.9 Å². The molecule has 2 unspecified atom stereocenters. The highest BCUT2D eigenvalue weighted by Crippen LogP contribution is 2.28. The smallest absolute Gasteiger partial charge is 0.134 e. The third kappa shape index (κ3) is 3.38. The predicted octanol–water partition coefficient (Wildman–Crippen LogP) is 3.77. The lowest BCUT2D eigenvalue weighted by Crippen LogP contribution is -2.28. The highest BCUT2D eigenvalue weighted by molar-refractivity contribution is 7.85. The first kappa shape index (κ1) is 14.8. The average Bonchev–Trinajstić information content (AvgIpc) is 3.15. The third-order valence-electron chi connectivity index (χ3n) is 4.24. The van der Waals surface area contributed by atoms with E-state index in [4.69, 9.17) is 4.42 Å². The van der Waals surface area contributed by atoms with E-state index < -0.39 is 10.8 Å². The average molecular weight is 305 g/mol. The van der Waals surface area contributed by atoms with Crippen LogP contribution in [0.2, 0.25) is 0 Å². The summed E-state index contributed by atoms with van der Waals surface area (Å²) in [5, 5.41) is 4.93. The molecule has 1 fully saturated rings. The number of para-hydroxylation sites is 1. The van der Waals surface area contributed by atoms with Gasteiger partial charge in [0.2, 0.25) is 0 Å². The number of nitrogens with one attached hydrogen (secondary N) is 1. The predicted molar refractivity (Wildman–Crippen MR) is 87.9 cm³/mol. The zero-order valence-electron chi connectivity index (χ0n) is 12.5. The Bertz CT molecular complexity index is 583. The quantitative estimate of drug-likeness (QED) is 0.883. The molecule has 2 atom stereocenters. The van der Waals surface area contributed by atoms with Crippen LogP contribution in [0.4, 0.5) is 0 Å². The fourth-order valence-electron chi connectivity index (χ4n) is 3.11. The molecule has 0 radical (unpaired) electrons. The Morgan fingerprint density at radius 1 is 1.33 bits per heavy atom. The SMILES string of the molecule is CCNC(CS(=O)C1CCCC1)c1cc2ccccc2o1. The minimum Gasteiger partial charge on any atom is -0.459 e. The van der Waals surface area contributed by atoms with Crippen LogP contribution in [0.25, 0.3) is 11.0 Å². The Balaban J connectivity index is 1.78. The second-order valence-corrected chi connectivity index (χ2v) is 7.51. The number of benzene rings is 1. The molecule has 3 rings (SSSR count). The van der Waals surface area contributed by atoms with E-state index in [1.807, 2.05) is 18.2 Å². The fraction of sp³-hybridized carbons (Fsp3) is 0.529. The lowest BCUT2D eigenvalue weighted by molar-refractivity contribution is 0.460. The molecule has 21 heavy (non-hydrogen) atoms. The first-order valence-corrected chi connectivity index (χ1v) is 9.25. The minimum absolute atomic E-state index is 0.0452. The van der Waals surface area contributed by atoms with Crippen LogP contribution in [0.15, 0.2) is 34.7 Å². The molecule has 1 saturated carbocycles. The molecule has 1 aliphatic carbocycles. The molecule has 0 amide bonds. The van der Waals surface area contributed by atoms with E-state index in [2.05, 4.69) is 24.4 Å². The van der Waals surface area contributed by atoms with Crippen LogP contribution in [-0.2, 0) is 10.8 Å².